The first-order valence-corrected chi connectivity index (χ1v) is 8.64. The highest BCUT2D eigenvalue weighted by atomic mass is 35.5. The molecule has 5 nitrogen and oxygen atoms in total. The Morgan fingerprint density at radius 3 is 2.76 bits per heavy atom. The zero-order valence-electron chi connectivity index (χ0n) is 11.7. The second-order valence-electron chi connectivity index (χ2n) is 4.58. The summed E-state index contributed by atoms with van der Waals surface area (Å²) in [5, 5.41) is 0.263. The molecule has 0 saturated heterocycles. The normalized spacial score (nSPS) is 14.5. The van der Waals surface area contributed by atoms with Crippen molar-refractivity contribution in [2.75, 3.05) is 19.5 Å². The fourth-order valence-electron chi connectivity index (χ4n) is 2.03. The molecule has 0 radical (unpaired) electrons. The topological polar surface area (TPSA) is 69.7 Å². The molecule has 7 heteroatoms. The lowest BCUT2D eigenvalue weighted by molar-refractivity contribution is -0.138. The number of rotatable bonds is 3. The van der Waals surface area contributed by atoms with Gasteiger partial charge in [-0.1, -0.05) is 11.6 Å². The quantitative estimate of drug-likeness (QED) is 0.796. The van der Waals surface area contributed by atoms with Crippen molar-refractivity contribution in [2.24, 2.45) is 0 Å². The Balaban J connectivity index is 2.58. The monoisotopic (exact) mass is 330 g/mol. The van der Waals surface area contributed by atoms with E-state index in [-0.39, 0.29) is 28.9 Å². The lowest BCUT2D eigenvalue weighted by Crippen LogP contribution is -2.09. The van der Waals surface area contributed by atoms with Gasteiger partial charge in [0.25, 0.3) is 0 Å². The van der Waals surface area contributed by atoms with E-state index in [1.807, 2.05) is 0 Å². The fraction of sp³-hybridized carbons (Fsp3) is 0.357. The predicted octanol–water partition coefficient (Wildman–Crippen LogP) is 2.47. The molecule has 0 unspecified atom stereocenters. The van der Waals surface area contributed by atoms with Gasteiger partial charge in [-0.05, 0) is 25.1 Å². The van der Waals surface area contributed by atoms with Crippen molar-refractivity contribution >= 4 is 33.5 Å². The molecule has 0 bridgehead atoms. The maximum Gasteiger partial charge on any atom is 0.334 e. The number of fused-ring (bicyclic) bond motifs is 1. The summed E-state index contributed by atoms with van der Waals surface area (Å²) in [5.41, 5.74) is 0.890. The van der Waals surface area contributed by atoms with Crippen molar-refractivity contribution in [3.05, 3.63) is 28.3 Å². The van der Waals surface area contributed by atoms with Crippen molar-refractivity contribution < 1.29 is 22.7 Å². The van der Waals surface area contributed by atoms with E-state index in [9.17, 15) is 13.2 Å². The Labute approximate surface area is 128 Å². The van der Waals surface area contributed by atoms with Gasteiger partial charge in [0.05, 0.1) is 13.2 Å². The third kappa shape index (κ3) is 3.57. The Morgan fingerprint density at radius 1 is 1.43 bits per heavy atom. The van der Waals surface area contributed by atoms with Gasteiger partial charge in [-0.2, -0.15) is 0 Å². The maximum atomic E-state index is 11.8. The summed E-state index contributed by atoms with van der Waals surface area (Å²) in [7, 11) is -3.49. The van der Waals surface area contributed by atoms with Gasteiger partial charge in [0.1, 0.15) is 10.6 Å². The molecule has 0 fully saturated rings. The first-order chi connectivity index (χ1) is 9.82. The third-order valence-electron chi connectivity index (χ3n) is 2.93. The van der Waals surface area contributed by atoms with E-state index >= 15 is 0 Å². The van der Waals surface area contributed by atoms with Crippen LogP contribution in [0.4, 0.5) is 0 Å². The van der Waals surface area contributed by atoms with Crippen LogP contribution in [0.15, 0.2) is 22.6 Å². The molecule has 0 spiro atoms. The highest BCUT2D eigenvalue weighted by molar-refractivity contribution is 7.90. The van der Waals surface area contributed by atoms with Crippen molar-refractivity contribution in [1.29, 1.82) is 0 Å². The summed E-state index contributed by atoms with van der Waals surface area (Å²) in [6.07, 6.45) is 3.00. The number of carbonyl (C=O) groups excluding carboxylic acids is 1. The van der Waals surface area contributed by atoms with Crippen LogP contribution < -0.4 is 4.74 Å². The molecule has 114 valence electrons. The second-order valence-corrected chi connectivity index (χ2v) is 7.00. The Hall–Kier alpha value is -1.53. The number of ether oxygens (including phenoxy) is 2. The molecule has 0 saturated carbocycles. The molecule has 1 aliphatic heterocycles. The summed E-state index contributed by atoms with van der Waals surface area (Å²) in [5.74, 6) is -0.212. The van der Waals surface area contributed by atoms with Gasteiger partial charge in [-0.3, -0.25) is 0 Å². The average Bonchev–Trinajstić information content (AvgIpc) is 2.59. The van der Waals surface area contributed by atoms with Crippen LogP contribution in [0.2, 0.25) is 5.02 Å². The van der Waals surface area contributed by atoms with Crippen LogP contribution in [0.5, 0.6) is 5.75 Å². The average molecular weight is 331 g/mol. The van der Waals surface area contributed by atoms with Crippen LogP contribution in [0.25, 0.3) is 6.08 Å². The number of halogens is 1. The molecule has 1 aromatic rings. The van der Waals surface area contributed by atoms with Gasteiger partial charge in [-0.25, -0.2) is 13.2 Å². The van der Waals surface area contributed by atoms with Crippen molar-refractivity contribution in [1.82, 2.24) is 0 Å². The summed E-state index contributed by atoms with van der Waals surface area (Å²) in [4.78, 5) is 11.8. The molecule has 0 N–H and O–H groups in total. The standard InChI is InChI=1S/C14H15ClO5S/c1-3-19-14(16)9-4-5-20-13-10(6-9)7-11(15)8-12(13)21(2,17)18/h6-8H,3-5H2,1-2H3. The highest BCUT2D eigenvalue weighted by Crippen LogP contribution is 2.35. The SMILES string of the molecule is CCOC(=O)C1=Cc2cc(Cl)cc(S(C)(=O)=O)c2OCC1. The molecule has 0 aromatic heterocycles. The maximum absolute atomic E-state index is 11.8. The van der Waals surface area contributed by atoms with E-state index in [1.54, 1.807) is 19.1 Å². The summed E-state index contributed by atoms with van der Waals surface area (Å²) in [6, 6.07) is 2.91. The van der Waals surface area contributed by atoms with Gasteiger partial charge >= 0.3 is 5.97 Å². The molecule has 0 atom stereocenters. The lowest BCUT2D eigenvalue weighted by atomic mass is 10.1. The number of carbonyl (C=O) groups is 1. The summed E-state index contributed by atoms with van der Waals surface area (Å²) < 4.78 is 34.2. The summed E-state index contributed by atoms with van der Waals surface area (Å²) >= 11 is 5.96. The highest BCUT2D eigenvalue weighted by Gasteiger charge is 2.23. The Kier molecular flexibility index (Phi) is 4.58. The summed E-state index contributed by atoms with van der Waals surface area (Å²) in [6.45, 7) is 2.19. The smallest absolute Gasteiger partial charge is 0.334 e. The minimum atomic E-state index is -3.49. The Bertz CT molecular complexity index is 706. The molecule has 1 aliphatic rings. The van der Waals surface area contributed by atoms with E-state index in [4.69, 9.17) is 21.1 Å². The van der Waals surface area contributed by atoms with E-state index in [1.165, 1.54) is 6.07 Å². The molecule has 1 heterocycles. The Morgan fingerprint density at radius 2 is 2.14 bits per heavy atom. The number of benzene rings is 1. The van der Waals surface area contributed by atoms with Crippen LogP contribution in [0, 0.1) is 0 Å². The molecule has 0 amide bonds. The molecule has 21 heavy (non-hydrogen) atoms. The van der Waals surface area contributed by atoms with E-state index in [0.717, 1.165) is 6.26 Å². The minimum Gasteiger partial charge on any atom is -0.491 e. The predicted molar refractivity (Wildman–Crippen MR) is 79.3 cm³/mol. The van der Waals surface area contributed by atoms with Gasteiger partial charge in [0, 0.05) is 28.8 Å². The lowest BCUT2D eigenvalue weighted by Gasteiger charge is -2.11. The van der Waals surface area contributed by atoms with Gasteiger partial charge in [0.15, 0.2) is 9.84 Å². The zero-order chi connectivity index (χ0) is 15.6. The van der Waals surface area contributed by atoms with Crippen LogP contribution in [0.3, 0.4) is 0 Å². The first kappa shape index (κ1) is 15.9. The third-order valence-corrected chi connectivity index (χ3v) is 4.25. The zero-order valence-corrected chi connectivity index (χ0v) is 13.3. The van der Waals surface area contributed by atoms with Crippen LogP contribution >= 0.6 is 11.6 Å². The van der Waals surface area contributed by atoms with E-state index in [2.05, 4.69) is 0 Å². The minimum absolute atomic E-state index is 0.0198. The van der Waals surface area contributed by atoms with Gasteiger partial charge in [-0.15, -0.1) is 0 Å². The largest absolute Gasteiger partial charge is 0.491 e. The van der Waals surface area contributed by atoms with Crippen LogP contribution in [-0.4, -0.2) is 33.9 Å². The molecule has 1 aromatic carbocycles. The molecule has 0 aliphatic carbocycles. The van der Waals surface area contributed by atoms with Crippen molar-refractivity contribution in [3.63, 3.8) is 0 Å². The van der Waals surface area contributed by atoms with E-state index < -0.39 is 15.8 Å². The number of hydrogen-bond acceptors (Lipinski definition) is 5. The number of esters is 1. The van der Waals surface area contributed by atoms with Gasteiger partial charge < -0.3 is 9.47 Å². The number of sulfone groups is 1. The van der Waals surface area contributed by atoms with Crippen LogP contribution in [0.1, 0.15) is 18.9 Å². The van der Waals surface area contributed by atoms with Gasteiger partial charge in [0.2, 0.25) is 0 Å². The van der Waals surface area contributed by atoms with Crippen molar-refractivity contribution in [2.45, 2.75) is 18.2 Å². The van der Waals surface area contributed by atoms with Crippen LogP contribution in [-0.2, 0) is 19.4 Å². The second kappa shape index (κ2) is 6.07. The fourth-order valence-corrected chi connectivity index (χ4v) is 3.18. The molecular formula is C14H15ClO5S. The molecular weight excluding hydrogens is 316 g/mol. The van der Waals surface area contributed by atoms with Crippen molar-refractivity contribution in [3.8, 4) is 5.75 Å². The number of hydrogen-bond donors (Lipinski definition) is 0. The first-order valence-electron chi connectivity index (χ1n) is 6.37. The molecule has 2 rings (SSSR count). The van der Waals surface area contributed by atoms with E-state index in [0.29, 0.717) is 17.6 Å².